The summed E-state index contributed by atoms with van der Waals surface area (Å²) in [5.41, 5.74) is 6.81. The molecule has 2 aromatic rings. The zero-order valence-electron chi connectivity index (χ0n) is 12.2. The van der Waals surface area contributed by atoms with Gasteiger partial charge in [0.15, 0.2) is 0 Å². The Morgan fingerprint density at radius 3 is 2.11 bits per heavy atom. The lowest BCUT2D eigenvalue weighted by Gasteiger charge is -2.15. The Bertz CT molecular complexity index is 521. The van der Waals surface area contributed by atoms with Crippen LogP contribution in [0.3, 0.4) is 0 Å². The molecule has 0 aliphatic rings. The van der Waals surface area contributed by atoms with Crippen LogP contribution in [-0.4, -0.2) is 0 Å². The molecule has 0 unspecified atom stereocenters. The first kappa shape index (κ1) is 13.7. The lowest BCUT2D eigenvalue weighted by Crippen LogP contribution is -2.05. The van der Waals surface area contributed by atoms with Crippen molar-refractivity contribution in [2.45, 2.75) is 40.2 Å². The van der Waals surface area contributed by atoms with Gasteiger partial charge in [0.2, 0.25) is 0 Å². The van der Waals surface area contributed by atoms with Gasteiger partial charge < -0.3 is 5.32 Å². The molecule has 1 heteroatoms. The lowest BCUT2D eigenvalue weighted by atomic mass is 10.0. The Kier molecular flexibility index (Phi) is 4.62. The lowest BCUT2D eigenvalue weighted by molar-refractivity contribution is 1.05. The van der Waals surface area contributed by atoms with Crippen molar-refractivity contribution in [3.63, 3.8) is 0 Å². The van der Waals surface area contributed by atoms with E-state index >= 15 is 0 Å². The molecule has 0 fully saturated rings. The molecule has 0 saturated carbocycles. The normalized spacial score (nSPS) is 10.5. The number of anilines is 1. The van der Waals surface area contributed by atoms with Crippen molar-refractivity contribution >= 4 is 5.69 Å². The molecule has 1 nitrogen and oxygen atoms in total. The van der Waals surface area contributed by atoms with Crippen LogP contribution in [-0.2, 0) is 19.4 Å². The molecule has 0 spiro atoms. The Hall–Kier alpha value is -1.76. The summed E-state index contributed by atoms with van der Waals surface area (Å²) in [5.74, 6) is 0. The molecule has 0 heterocycles. The Morgan fingerprint density at radius 1 is 0.895 bits per heavy atom. The van der Waals surface area contributed by atoms with Crippen LogP contribution in [0.4, 0.5) is 5.69 Å². The van der Waals surface area contributed by atoms with E-state index < -0.39 is 0 Å². The second-order valence-electron chi connectivity index (χ2n) is 5.00. The number of hydrogen-bond donors (Lipinski definition) is 1. The maximum absolute atomic E-state index is 3.63. The van der Waals surface area contributed by atoms with E-state index in [9.17, 15) is 0 Å². The average Bonchev–Trinajstić information content (AvgIpc) is 2.44. The van der Waals surface area contributed by atoms with Gasteiger partial charge in [0.05, 0.1) is 0 Å². The largest absolute Gasteiger partial charge is 0.381 e. The van der Waals surface area contributed by atoms with E-state index in [1.807, 2.05) is 0 Å². The van der Waals surface area contributed by atoms with Gasteiger partial charge in [0.25, 0.3) is 0 Å². The molecule has 19 heavy (non-hydrogen) atoms. The summed E-state index contributed by atoms with van der Waals surface area (Å²) in [5, 5.41) is 3.63. The van der Waals surface area contributed by atoms with Crippen LogP contribution in [0, 0.1) is 6.92 Å². The minimum Gasteiger partial charge on any atom is -0.381 e. The third-order valence-electron chi connectivity index (χ3n) is 3.55. The second kappa shape index (κ2) is 6.42. The quantitative estimate of drug-likeness (QED) is 0.812. The van der Waals surface area contributed by atoms with Crippen LogP contribution in [0.15, 0.2) is 42.5 Å². The van der Waals surface area contributed by atoms with E-state index in [0.717, 1.165) is 19.4 Å². The van der Waals surface area contributed by atoms with E-state index in [0.29, 0.717) is 0 Å². The van der Waals surface area contributed by atoms with Crippen molar-refractivity contribution in [1.82, 2.24) is 0 Å². The first-order valence-corrected chi connectivity index (χ1v) is 7.14. The third-order valence-corrected chi connectivity index (χ3v) is 3.55. The molecule has 0 aromatic heterocycles. The molecule has 100 valence electrons. The summed E-state index contributed by atoms with van der Waals surface area (Å²) >= 11 is 0. The fraction of sp³-hybridized carbons (Fsp3) is 0.333. The molecule has 0 aliphatic carbocycles. The summed E-state index contributed by atoms with van der Waals surface area (Å²) in [6.07, 6.45) is 2.15. The fourth-order valence-electron chi connectivity index (χ4n) is 2.48. The highest BCUT2D eigenvalue weighted by molar-refractivity contribution is 5.58. The Balaban J connectivity index is 2.19. The number of nitrogens with one attached hydrogen (secondary N) is 1. The van der Waals surface area contributed by atoms with E-state index in [1.54, 1.807) is 0 Å². The van der Waals surface area contributed by atoms with Crippen molar-refractivity contribution < 1.29 is 0 Å². The molecular weight excluding hydrogens is 230 g/mol. The highest BCUT2D eigenvalue weighted by Crippen LogP contribution is 2.23. The first-order chi connectivity index (χ1) is 9.24. The summed E-state index contributed by atoms with van der Waals surface area (Å²) in [7, 11) is 0. The molecule has 0 radical (unpaired) electrons. The Morgan fingerprint density at radius 2 is 1.53 bits per heavy atom. The SMILES string of the molecule is CCc1cccc(CC)c1NCc1cccc(C)c1. The summed E-state index contributed by atoms with van der Waals surface area (Å²) in [4.78, 5) is 0. The summed E-state index contributed by atoms with van der Waals surface area (Å²) in [6.45, 7) is 7.46. The van der Waals surface area contributed by atoms with Gasteiger partial charge in [-0.25, -0.2) is 0 Å². The zero-order valence-corrected chi connectivity index (χ0v) is 12.2. The molecule has 0 atom stereocenters. The van der Waals surface area contributed by atoms with Crippen LogP contribution >= 0.6 is 0 Å². The van der Waals surface area contributed by atoms with Crippen LogP contribution in [0.1, 0.15) is 36.1 Å². The molecule has 0 saturated heterocycles. The van der Waals surface area contributed by atoms with Crippen molar-refractivity contribution in [2.75, 3.05) is 5.32 Å². The van der Waals surface area contributed by atoms with Crippen LogP contribution in [0.2, 0.25) is 0 Å². The molecular formula is C18H23N. The minimum absolute atomic E-state index is 0.895. The van der Waals surface area contributed by atoms with Gasteiger partial charge in [-0.1, -0.05) is 61.9 Å². The van der Waals surface area contributed by atoms with Gasteiger partial charge in [0, 0.05) is 12.2 Å². The van der Waals surface area contributed by atoms with Gasteiger partial charge in [-0.05, 0) is 36.5 Å². The van der Waals surface area contributed by atoms with Crippen LogP contribution < -0.4 is 5.32 Å². The van der Waals surface area contributed by atoms with Gasteiger partial charge in [-0.3, -0.25) is 0 Å². The zero-order chi connectivity index (χ0) is 13.7. The highest BCUT2D eigenvalue weighted by atomic mass is 14.9. The third kappa shape index (κ3) is 3.37. The van der Waals surface area contributed by atoms with Gasteiger partial charge in [-0.2, -0.15) is 0 Å². The van der Waals surface area contributed by atoms with Crippen molar-refractivity contribution in [3.8, 4) is 0 Å². The van der Waals surface area contributed by atoms with Gasteiger partial charge in [0.1, 0.15) is 0 Å². The molecule has 0 amide bonds. The number of para-hydroxylation sites is 1. The molecule has 0 bridgehead atoms. The summed E-state index contributed by atoms with van der Waals surface area (Å²) < 4.78 is 0. The van der Waals surface area contributed by atoms with E-state index in [4.69, 9.17) is 0 Å². The first-order valence-electron chi connectivity index (χ1n) is 7.14. The number of rotatable bonds is 5. The van der Waals surface area contributed by atoms with Crippen molar-refractivity contribution in [1.29, 1.82) is 0 Å². The molecule has 0 aliphatic heterocycles. The minimum atomic E-state index is 0.895. The van der Waals surface area contributed by atoms with Crippen LogP contribution in [0.5, 0.6) is 0 Å². The number of benzene rings is 2. The van der Waals surface area contributed by atoms with Crippen molar-refractivity contribution in [3.05, 3.63) is 64.7 Å². The van der Waals surface area contributed by atoms with Gasteiger partial charge in [-0.15, -0.1) is 0 Å². The van der Waals surface area contributed by atoms with Crippen molar-refractivity contribution in [2.24, 2.45) is 0 Å². The smallest absolute Gasteiger partial charge is 0.0407 e. The van der Waals surface area contributed by atoms with Gasteiger partial charge >= 0.3 is 0 Å². The van der Waals surface area contributed by atoms with E-state index in [2.05, 4.69) is 68.6 Å². The fourth-order valence-corrected chi connectivity index (χ4v) is 2.48. The monoisotopic (exact) mass is 253 g/mol. The standard InChI is InChI=1S/C18H23N/c1-4-16-10-7-11-17(5-2)18(16)19-13-15-9-6-8-14(3)12-15/h6-12,19H,4-5,13H2,1-3H3. The second-order valence-corrected chi connectivity index (χ2v) is 5.00. The van der Waals surface area contributed by atoms with E-state index in [1.165, 1.54) is 27.9 Å². The summed E-state index contributed by atoms with van der Waals surface area (Å²) in [6, 6.07) is 15.3. The van der Waals surface area contributed by atoms with E-state index in [-0.39, 0.29) is 0 Å². The maximum Gasteiger partial charge on any atom is 0.0407 e. The number of aryl methyl sites for hydroxylation is 3. The topological polar surface area (TPSA) is 12.0 Å². The predicted octanol–water partition coefficient (Wildman–Crippen LogP) is 4.73. The molecule has 1 N–H and O–H groups in total. The predicted molar refractivity (Wildman–Crippen MR) is 83.7 cm³/mol. The van der Waals surface area contributed by atoms with Crippen LogP contribution in [0.25, 0.3) is 0 Å². The number of hydrogen-bond acceptors (Lipinski definition) is 1. The Labute approximate surface area is 116 Å². The average molecular weight is 253 g/mol. The molecule has 2 rings (SSSR count). The highest BCUT2D eigenvalue weighted by Gasteiger charge is 2.05. The maximum atomic E-state index is 3.63. The molecule has 2 aromatic carbocycles.